The van der Waals surface area contributed by atoms with Gasteiger partial charge in [-0.3, -0.25) is 0 Å². The minimum atomic E-state index is -1.12. The number of rotatable bonds is 3. The van der Waals surface area contributed by atoms with E-state index in [-0.39, 0.29) is 5.92 Å². The van der Waals surface area contributed by atoms with Gasteiger partial charge in [0, 0.05) is 18.6 Å². The van der Waals surface area contributed by atoms with Crippen LogP contribution in [-0.2, 0) is 5.60 Å². The van der Waals surface area contributed by atoms with Crippen molar-refractivity contribution in [3.63, 3.8) is 0 Å². The standard InChI is InChI=1S/C24H19BrClIO/c25-21-10-4-1-7-18(21)16-13-17(19-8-2-6-12-23(19)27)15-24(28,14-16)20-9-3-5-11-22(20)26/h1-12,14,17,28H,13,15H2. The predicted molar refractivity (Wildman–Crippen MR) is 129 cm³/mol. The average Bonchev–Trinajstić information content (AvgIpc) is 2.68. The van der Waals surface area contributed by atoms with E-state index in [4.69, 9.17) is 11.6 Å². The summed E-state index contributed by atoms with van der Waals surface area (Å²) < 4.78 is 2.26. The molecule has 3 aromatic carbocycles. The highest BCUT2D eigenvalue weighted by Gasteiger charge is 2.38. The zero-order valence-corrected chi connectivity index (χ0v) is 19.6. The van der Waals surface area contributed by atoms with Gasteiger partial charge in [0.1, 0.15) is 5.60 Å². The average molecular weight is 566 g/mol. The smallest absolute Gasteiger partial charge is 0.110 e. The van der Waals surface area contributed by atoms with E-state index in [1.807, 2.05) is 48.5 Å². The molecule has 0 heterocycles. The Hall–Kier alpha value is -1.14. The minimum Gasteiger partial charge on any atom is -0.381 e. The molecule has 3 aromatic rings. The second-order valence-electron chi connectivity index (χ2n) is 7.18. The van der Waals surface area contributed by atoms with Crippen molar-refractivity contribution >= 4 is 55.7 Å². The van der Waals surface area contributed by atoms with Gasteiger partial charge in [0.2, 0.25) is 0 Å². The lowest BCUT2D eigenvalue weighted by Gasteiger charge is -2.37. The van der Waals surface area contributed by atoms with Gasteiger partial charge in [0.15, 0.2) is 0 Å². The lowest BCUT2D eigenvalue weighted by molar-refractivity contribution is 0.0672. The molecule has 0 saturated carbocycles. The Morgan fingerprint density at radius 3 is 2.39 bits per heavy atom. The fourth-order valence-corrected chi connectivity index (χ4v) is 5.72. The van der Waals surface area contributed by atoms with Gasteiger partial charge in [-0.25, -0.2) is 0 Å². The quantitative estimate of drug-likeness (QED) is 0.325. The maximum absolute atomic E-state index is 11.8. The van der Waals surface area contributed by atoms with Gasteiger partial charge in [0.05, 0.1) is 0 Å². The first kappa shape index (κ1) is 20.1. The molecule has 0 spiro atoms. The molecule has 0 aromatic heterocycles. The zero-order chi connectivity index (χ0) is 19.7. The van der Waals surface area contributed by atoms with Crippen LogP contribution in [0.25, 0.3) is 5.57 Å². The molecule has 4 rings (SSSR count). The first-order valence-corrected chi connectivity index (χ1v) is 11.4. The maximum atomic E-state index is 11.8. The summed E-state index contributed by atoms with van der Waals surface area (Å²) in [6.07, 6.45) is 3.47. The van der Waals surface area contributed by atoms with Crippen LogP contribution in [-0.4, -0.2) is 5.11 Å². The van der Waals surface area contributed by atoms with Crippen molar-refractivity contribution in [3.8, 4) is 0 Å². The van der Waals surface area contributed by atoms with Crippen molar-refractivity contribution in [2.75, 3.05) is 0 Å². The molecule has 142 valence electrons. The predicted octanol–water partition coefficient (Wildman–Crippen LogP) is 7.56. The van der Waals surface area contributed by atoms with Gasteiger partial charge in [-0.2, -0.15) is 0 Å². The van der Waals surface area contributed by atoms with Crippen LogP contribution in [0, 0.1) is 3.57 Å². The molecule has 1 N–H and O–H groups in total. The van der Waals surface area contributed by atoms with E-state index in [0.29, 0.717) is 11.4 Å². The molecule has 0 radical (unpaired) electrons. The second-order valence-corrected chi connectivity index (χ2v) is 9.60. The van der Waals surface area contributed by atoms with E-state index in [1.165, 1.54) is 9.13 Å². The first-order chi connectivity index (χ1) is 13.5. The van der Waals surface area contributed by atoms with Gasteiger partial charge >= 0.3 is 0 Å². The fraction of sp³-hybridized carbons (Fsp3) is 0.167. The van der Waals surface area contributed by atoms with E-state index in [2.05, 4.69) is 68.9 Å². The molecule has 0 aliphatic heterocycles. The molecule has 0 bridgehead atoms. The third-order valence-corrected chi connectivity index (χ3v) is 7.35. The van der Waals surface area contributed by atoms with Crippen LogP contribution in [0.15, 0.2) is 83.3 Å². The van der Waals surface area contributed by atoms with Crippen molar-refractivity contribution < 1.29 is 5.11 Å². The van der Waals surface area contributed by atoms with E-state index in [1.54, 1.807) is 0 Å². The van der Waals surface area contributed by atoms with Crippen molar-refractivity contribution in [2.24, 2.45) is 0 Å². The highest BCUT2D eigenvalue weighted by molar-refractivity contribution is 14.1. The summed E-state index contributed by atoms with van der Waals surface area (Å²) in [6.45, 7) is 0. The maximum Gasteiger partial charge on any atom is 0.110 e. The SMILES string of the molecule is OC1(c2ccccc2Cl)C=C(c2ccccc2Br)CC(c2ccccc2I)C1. The Kier molecular flexibility index (Phi) is 5.98. The van der Waals surface area contributed by atoms with E-state index in [9.17, 15) is 5.11 Å². The van der Waals surface area contributed by atoms with Crippen LogP contribution < -0.4 is 0 Å². The zero-order valence-electron chi connectivity index (χ0n) is 15.1. The Morgan fingerprint density at radius 2 is 1.64 bits per heavy atom. The van der Waals surface area contributed by atoms with Gasteiger partial charge in [-0.1, -0.05) is 82.1 Å². The third-order valence-electron chi connectivity index (χ3n) is 5.34. The molecule has 28 heavy (non-hydrogen) atoms. The summed E-state index contributed by atoms with van der Waals surface area (Å²) in [4.78, 5) is 0. The highest BCUT2D eigenvalue weighted by atomic mass is 127. The Bertz CT molecular complexity index is 1050. The van der Waals surface area contributed by atoms with Gasteiger partial charge < -0.3 is 5.11 Å². The second kappa shape index (κ2) is 8.31. The van der Waals surface area contributed by atoms with E-state index >= 15 is 0 Å². The molecular formula is C24H19BrClIO. The Morgan fingerprint density at radius 1 is 0.964 bits per heavy atom. The number of halogens is 3. The van der Waals surface area contributed by atoms with Crippen molar-refractivity contribution in [1.29, 1.82) is 0 Å². The van der Waals surface area contributed by atoms with Crippen LogP contribution in [0.3, 0.4) is 0 Å². The van der Waals surface area contributed by atoms with Crippen LogP contribution in [0.1, 0.15) is 35.4 Å². The molecule has 1 aliphatic rings. The van der Waals surface area contributed by atoms with Gasteiger partial charge in [0.25, 0.3) is 0 Å². The van der Waals surface area contributed by atoms with Crippen molar-refractivity contribution in [1.82, 2.24) is 0 Å². The molecule has 2 atom stereocenters. The molecule has 0 amide bonds. The third kappa shape index (κ3) is 3.95. The van der Waals surface area contributed by atoms with Crippen LogP contribution in [0.5, 0.6) is 0 Å². The van der Waals surface area contributed by atoms with Gasteiger partial charge in [-0.15, -0.1) is 0 Å². The van der Waals surface area contributed by atoms with E-state index < -0.39 is 5.60 Å². The topological polar surface area (TPSA) is 20.2 Å². The van der Waals surface area contributed by atoms with E-state index in [0.717, 1.165) is 27.6 Å². The van der Waals surface area contributed by atoms with Crippen molar-refractivity contribution in [3.05, 3.63) is 109 Å². The molecule has 0 fully saturated rings. The minimum absolute atomic E-state index is 0.196. The van der Waals surface area contributed by atoms with Crippen molar-refractivity contribution in [2.45, 2.75) is 24.4 Å². The first-order valence-electron chi connectivity index (χ1n) is 9.16. The van der Waals surface area contributed by atoms with Crippen LogP contribution >= 0.6 is 50.1 Å². The van der Waals surface area contributed by atoms with Crippen LogP contribution in [0.2, 0.25) is 5.02 Å². The highest BCUT2D eigenvalue weighted by Crippen LogP contribution is 2.48. The monoisotopic (exact) mass is 564 g/mol. The Balaban J connectivity index is 1.87. The summed E-state index contributed by atoms with van der Waals surface area (Å²) >= 11 is 12.6. The largest absolute Gasteiger partial charge is 0.381 e. The summed E-state index contributed by atoms with van der Waals surface area (Å²) in [6, 6.07) is 24.2. The number of aliphatic hydroxyl groups is 1. The number of benzene rings is 3. The number of hydrogen-bond acceptors (Lipinski definition) is 1. The summed E-state index contributed by atoms with van der Waals surface area (Å²) in [7, 11) is 0. The molecular weight excluding hydrogens is 547 g/mol. The van der Waals surface area contributed by atoms with Crippen LogP contribution in [0.4, 0.5) is 0 Å². The molecule has 4 heteroatoms. The van der Waals surface area contributed by atoms with Gasteiger partial charge in [-0.05, 0) is 82.3 Å². The number of allylic oxidation sites excluding steroid dienone is 1. The molecule has 1 aliphatic carbocycles. The summed E-state index contributed by atoms with van der Waals surface area (Å²) in [5, 5.41) is 12.4. The lowest BCUT2D eigenvalue weighted by Crippen LogP contribution is -2.30. The summed E-state index contributed by atoms with van der Waals surface area (Å²) in [5.41, 5.74) is 3.16. The lowest BCUT2D eigenvalue weighted by atomic mass is 9.72. The Labute approximate surface area is 192 Å². The normalized spacial score (nSPS) is 22.0. The molecule has 1 nitrogen and oxygen atoms in total. The molecule has 2 unspecified atom stereocenters. The molecule has 0 saturated heterocycles. The summed E-state index contributed by atoms with van der Waals surface area (Å²) in [5.74, 6) is 0.196. The fourth-order valence-electron chi connectivity index (χ4n) is 4.05. The number of hydrogen-bond donors (Lipinski definition) is 1.